The fourth-order valence-electron chi connectivity index (χ4n) is 11.7. The van der Waals surface area contributed by atoms with Gasteiger partial charge in [-0.05, 0) is 163 Å². The van der Waals surface area contributed by atoms with Crippen molar-refractivity contribution in [3.8, 4) is 11.1 Å². The molecule has 2 unspecified atom stereocenters. The molecular weight excluding hydrogens is 882 g/mol. The van der Waals surface area contributed by atoms with E-state index in [1.165, 1.54) is 89.1 Å². The summed E-state index contributed by atoms with van der Waals surface area (Å²) in [5, 5.41) is 2.46. The van der Waals surface area contributed by atoms with Gasteiger partial charge in [-0.2, -0.15) is 0 Å². The van der Waals surface area contributed by atoms with Crippen molar-refractivity contribution in [2.75, 3.05) is 14.7 Å². The van der Waals surface area contributed by atoms with Crippen molar-refractivity contribution >= 4 is 68.2 Å². The maximum atomic E-state index is 2.77. The van der Waals surface area contributed by atoms with E-state index in [1.807, 2.05) is 0 Å². The van der Waals surface area contributed by atoms with Gasteiger partial charge in [0.2, 0.25) is 6.71 Å². The number of aryl methyl sites for hydroxylation is 1. The summed E-state index contributed by atoms with van der Waals surface area (Å²) in [7, 11) is 0. The van der Waals surface area contributed by atoms with E-state index in [-0.39, 0.29) is 40.2 Å². The van der Waals surface area contributed by atoms with Gasteiger partial charge in [0.05, 0.1) is 6.04 Å². The van der Waals surface area contributed by atoms with Crippen LogP contribution in [0.5, 0.6) is 0 Å². The van der Waals surface area contributed by atoms with E-state index in [4.69, 9.17) is 0 Å². The van der Waals surface area contributed by atoms with Gasteiger partial charge in [-0.15, -0.1) is 0 Å². The van der Waals surface area contributed by atoms with Gasteiger partial charge in [0.25, 0.3) is 0 Å². The van der Waals surface area contributed by atoms with Crippen LogP contribution in [0.3, 0.4) is 0 Å². The van der Waals surface area contributed by atoms with Crippen LogP contribution in [-0.4, -0.2) is 12.8 Å². The Hall–Kier alpha value is -7.04. The first-order valence-electron chi connectivity index (χ1n) is 26.6. The molecule has 0 spiro atoms. The summed E-state index contributed by atoms with van der Waals surface area (Å²) >= 11 is 0. The van der Waals surface area contributed by atoms with Gasteiger partial charge in [-0.25, -0.2) is 0 Å². The van der Waals surface area contributed by atoms with E-state index in [9.17, 15) is 0 Å². The summed E-state index contributed by atoms with van der Waals surface area (Å²) in [6.07, 6.45) is 7.61. The Bertz CT molecular complexity index is 3460. The molecule has 0 radical (unpaired) electrons. The van der Waals surface area contributed by atoms with Crippen molar-refractivity contribution in [2.45, 2.75) is 124 Å². The highest BCUT2D eigenvalue weighted by Crippen LogP contribution is 2.52. The minimum absolute atomic E-state index is 0.0368. The number of para-hydroxylation sites is 1. The molecular formula is C69H72BN3. The van der Waals surface area contributed by atoms with E-state index in [0.29, 0.717) is 0 Å². The van der Waals surface area contributed by atoms with Crippen LogP contribution in [0.4, 0.5) is 39.8 Å². The van der Waals surface area contributed by atoms with Crippen molar-refractivity contribution < 1.29 is 0 Å². The normalized spacial score (nSPS) is 16.5. The Morgan fingerprint density at radius 1 is 0.466 bits per heavy atom. The number of hydrogen-bond donors (Lipinski definition) is 0. The fraction of sp³-hybridized carbons (Fsp3) is 0.275. The number of allylic oxidation sites excluding steroid dienone is 1. The molecule has 0 fully saturated rings. The number of rotatable bonds is 6. The van der Waals surface area contributed by atoms with Crippen LogP contribution >= 0.6 is 0 Å². The van der Waals surface area contributed by atoms with Crippen LogP contribution in [0.25, 0.3) is 21.9 Å². The van der Waals surface area contributed by atoms with Gasteiger partial charge in [0.15, 0.2) is 0 Å². The highest BCUT2D eigenvalue weighted by molar-refractivity contribution is 6.91. The van der Waals surface area contributed by atoms with E-state index < -0.39 is 0 Å². The van der Waals surface area contributed by atoms with Crippen LogP contribution < -0.4 is 25.6 Å². The molecule has 1 aliphatic carbocycles. The van der Waals surface area contributed by atoms with Crippen LogP contribution in [0.1, 0.15) is 111 Å². The molecule has 366 valence electrons. The molecule has 11 rings (SSSR count). The Balaban J connectivity index is 1.23. The van der Waals surface area contributed by atoms with E-state index in [0.717, 1.165) is 17.1 Å². The summed E-state index contributed by atoms with van der Waals surface area (Å²) in [4.78, 5) is 7.83. The minimum atomic E-state index is -0.145. The topological polar surface area (TPSA) is 9.72 Å². The van der Waals surface area contributed by atoms with Crippen molar-refractivity contribution in [3.63, 3.8) is 0 Å². The Morgan fingerprint density at radius 3 is 1.71 bits per heavy atom. The molecule has 0 amide bonds. The molecule has 3 nitrogen and oxygen atoms in total. The molecule has 8 aromatic rings. The summed E-state index contributed by atoms with van der Waals surface area (Å²) in [5.41, 5.74) is 21.3. The molecule has 0 saturated heterocycles. The quantitative estimate of drug-likeness (QED) is 0.154. The fourth-order valence-corrected chi connectivity index (χ4v) is 11.7. The molecule has 8 aromatic carbocycles. The predicted molar refractivity (Wildman–Crippen MR) is 317 cm³/mol. The second-order valence-corrected chi connectivity index (χ2v) is 25.3. The average molecular weight is 954 g/mol. The predicted octanol–water partition coefficient (Wildman–Crippen LogP) is 17.6. The lowest BCUT2D eigenvalue weighted by Crippen LogP contribution is -2.62. The third-order valence-corrected chi connectivity index (χ3v) is 15.9. The third kappa shape index (κ3) is 8.71. The van der Waals surface area contributed by atoms with Crippen LogP contribution in [-0.2, 0) is 21.7 Å². The van der Waals surface area contributed by atoms with Gasteiger partial charge in [0.1, 0.15) is 0 Å². The monoisotopic (exact) mass is 954 g/mol. The van der Waals surface area contributed by atoms with Crippen molar-refractivity contribution in [1.29, 1.82) is 0 Å². The highest BCUT2D eigenvalue weighted by Gasteiger charge is 2.50. The number of fused-ring (bicyclic) bond motifs is 5. The summed E-state index contributed by atoms with van der Waals surface area (Å²) in [6.45, 7) is 30.3. The average Bonchev–Trinajstić information content (AvgIpc) is 3.35. The zero-order valence-electron chi connectivity index (χ0n) is 45.5. The molecule has 2 atom stereocenters. The first-order valence-corrected chi connectivity index (χ1v) is 26.6. The second kappa shape index (κ2) is 17.6. The largest absolute Gasteiger partial charge is 0.334 e. The minimum Gasteiger partial charge on any atom is -0.334 e. The smallest absolute Gasteiger partial charge is 0.226 e. The first-order chi connectivity index (χ1) is 34.6. The van der Waals surface area contributed by atoms with E-state index in [1.54, 1.807) is 0 Å². The molecule has 0 N–H and O–H groups in total. The van der Waals surface area contributed by atoms with Crippen LogP contribution in [0.15, 0.2) is 194 Å². The molecule has 0 bridgehead atoms. The summed E-state index contributed by atoms with van der Waals surface area (Å²) in [5.74, 6) is 0.0917. The number of benzene rings is 8. The third-order valence-electron chi connectivity index (χ3n) is 15.9. The molecule has 73 heavy (non-hydrogen) atoms. The van der Waals surface area contributed by atoms with Crippen LogP contribution in [0, 0.1) is 6.92 Å². The molecule has 2 heterocycles. The summed E-state index contributed by atoms with van der Waals surface area (Å²) < 4.78 is 0. The lowest BCUT2D eigenvalue weighted by molar-refractivity contribution is 0.589. The van der Waals surface area contributed by atoms with Gasteiger partial charge in [0, 0.05) is 51.1 Å². The Labute approximate surface area is 437 Å². The highest BCUT2D eigenvalue weighted by atomic mass is 15.2. The number of hydrogen-bond acceptors (Lipinski definition) is 3. The van der Waals surface area contributed by atoms with Gasteiger partial charge in [-0.1, -0.05) is 198 Å². The van der Waals surface area contributed by atoms with Gasteiger partial charge < -0.3 is 14.7 Å². The molecule has 4 heteroatoms. The van der Waals surface area contributed by atoms with Crippen LogP contribution in [0.2, 0.25) is 5.82 Å². The SMILES string of the molecule is Cc1ccc2c(c1)B1c3c(cc(C(C)(C)C)cc3N(c3ccc(C(C)(C)C)cc3-c3ccc(C(C)(C)C)cc3)C3C=C(N(c4ccccc4)c4ccc5ccccc5c4)C=CC13)N2c1ccc(C(C)(C)C)cc1. The maximum Gasteiger partial charge on any atom is 0.226 e. The zero-order valence-corrected chi connectivity index (χ0v) is 45.5. The Kier molecular flexibility index (Phi) is 11.6. The zero-order chi connectivity index (χ0) is 51.4. The molecule has 2 aliphatic heterocycles. The molecule has 0 aromatic heterocycles. The molecule has 3 aliphatic rings. The number of anilines is 7. The van der Waals surface area contributed by atoms with Crippen molar-refractivity contribution in [2.24, 2.45) is 0 Å². The molecule has 0 saturated carbocycles. The van der Waals surface area contributed by atoms with Crippen molar-refractivity contribution in [1.82, 2.24) is 0 Å². The maximum absolute atomic E-state index is 2.77. The second-order valence-electron chi connectivity index (χ2n) is 25.3. The van der Waals surface area contributed by atoms with Crippen molar-refractivity contribution in [3.05, 3.63) is 222 Å². The lowest BCUT2D eigenvalue weighted by Gasteiger charge is -2.51. The van der Waals surface area contributed by atoms with Gasteiger partial charge >= 0.3 is 0 Å². The summed E-state index contributed by atoms with van der Waals surface area (Å²) in [6, 6.07) is 65.0. The van der Waals surface area contributed by atoms with E-state index >= 15 is 0 Å². The van der Waals surface area contributed by atoms with E-state index in [2.05, 4.69) is 293 Å². The number of nitrogens with zero attached hydrogens (tertiary/aromatic N) is 3. The Morgan fingerprint density at radius 2 is 1.05 bits per heavy atom. The standard InChI is InChI=1S/C69H72BN3/c1-45-23-37-61-59(39-45)70-58-36-35-56(71(53-21-15-14-16-22-53)55-32-26-46-19-17-18-20-48(46)40-55)44-62(58)73(60-38-31-51(68(8,9)10)41-57(60)47-24-27-49(28-25-47)66(2,3)4)64-43-52(69(11,12)13)42-63(65(64)70)72(61)54-33-29-50(30-34-54)67(5,6)7/h14-44,58,62H,1-13H3. The first kappa shape index (κ1) is 48.2. The van der Waals surface area contributed by atoms with Gasteiger partial charge in [-0.3, -0.25) is 0 Å². The lowest BCUT2D eigenvalue weighted by atomic mass is 9.29.